The summed E-state index contributed by atoms with van der Waals surface area (Å²) in [6.45, 7) is 4.29. The molecule has 152 valence electrons. The van der Waals surface area contributed by atoms with Crippen LogP contribution in [0.2, 0.25) is 0 Å². The fourth-order valence-electron chi connectivity index (χ4n) is 3.97. The molecule has 0 aliphatic carbocycles. The standard InChI is InChI=1S/C22H21N5O2S/c28-19-13-23-27(18-7-3-1-5-16(18)19)15-22(29)26-11-9-25(10-12-26)14-21-24-17-6-2-4-8-20(17)30-21/h1-8,13H,9-12,14-15H2/p+1. The topological polar surface area (TPSA) is 72.5 Å². The zero-order valence-corrected chi connectivity index (χ0v) is 17.3. The first-order valence-corrected chi connectivity index (χ1v) is 10.9. The highest BCUT2D eigenvalue weighted by atomic mass is 32.1. The Morgan fingerprint density at radius 1 is 1.07 bits per heavy atom. The van der Waals surface area contributed by atoms with Crippen molar-refractivity contribution < 1.29 is 9.69 Å². The van der Waals surface area contributed by atoms with E-state index in [2.05, 4.69) is 17.2 Å². The van der Waals surface area contributed by atoms with Gasteiger partial charge in [-0.15, -0.1) is 11.3 Å². The van der Waals surface area contributed by atoms with Gasteiger partial charge in [-0.1, -0.05) is 24.3 Å². The number of amides is 1. The number of aromatic nitrogens is 3. The minimum absolute atomic E-state index is 0.0374. The van der Waals surface area contributed by atoms with Gasteiger partial charge in [-0.2, -0.15) is 5.10 Å². The summed E-state index contributed by atoms with van der Waals surface area (Å²) in [4.78, 5) is 32.9. The van der Waals surface area contributed by atoms with Gasteiger partial charge in [0.25, 0.3) is 0 Å². The van der Waals surface area contributed by atoms with Crippen molar-refractivity contribution in [3.05, 3.63) is 70.0 Å². The monoisotopic (exact) mass is 420 g/mol. The van der Waals surface area contributed by atoms with E-state index in [-0.39, 0.29) is 17.9 Å². The smallest absolute Gasteiger partial charge is 0.244 e. The lowest BCUT2D eigenvalue weighted by Crippen LogP contribution is -3.13. The maximum Gasteiger partial charge on any atom is 0.244 e. The Hall–Kier alpha value is -3.10. The highest BCUT2D eigenvalue weighted by molar-refractivity contribution is 7.18. The van der Waals surface area contributed by atoms with E-state index in [9.17, 15) is 9.59 Å². The number of benzene rings is 2. The maximum absolute atomic E-state index is 12.8. The van der Waals surface area contributed by atoms with Crippen LogP contribution in [0.3, 0.4) is 0 Å². The molecule has 0 unspecified atom stereocenters. The molecule has 5 rings (SSSR count). The van der Waals surface area contributed by atoms with Gasteiger partial charge in [0.05, 0.1) is 48.1 Å². The molecule has 0 atom stereocenters. The van der Waals surface area contributed by atoms with Crippen molar-refractivity contribution >= 4 is 38.4 Å². The first kappa shape index (κ1) is 18.9. The lowest BCUT2D eigenvalue weighted by molar-refractivity contribution is -0.917. The predicted molar refractivity (Wildman–Crippen MR) is 117 cm³/mol. The van der Waals surface area contributed by atoms with E-state index >= 15 is 0 Å². The van der Waals surface area contributed by atoms with Gasteiger partial charge >= 0.3 is 0 Å². The first-order chi connectivity index (χ1) is 14.7. The molecular weight excluding hydrogens is 398 g/mol. The number of hydrogen-bond donors (Lipinski definition) is 1. The number of rotatable bonds is 4. The summed E-state index contributed by atoms with van der Waals surface area (Å²) in [7, 11) is 0. The molecule has 0 spiro atoms. The van der Waals surface area contributed by atoms with Gasteiger partial charge in [-0.3, -0.25) is 14.3 Å². The van der Waals surface area contributed by atoms with Crippen LogP contribution in [0.4, 0.5) is 0 Å². The number of thiazole rings is 1. The van der Waals surface area contributed by atoms with Crippen LogP contribution in [0, 0.1) is 0 Å². The Morgan fingerprint density at radius 2 is 1.83 bits per heavy atom. The second-order valence-corrected chi connectivity index (χ2v) is 8.68. The van der Waals surface area contributed by atoms with E-state index in [1.807, 2.05) is 35.2 Å². The number of hydrogen-bond acceptors (Lipinski definition) is 5. The molecular formula is C22H22N5O2S+. The Labute approximate surface area is 177 Å². The van der Waals surface area contributed by atoms with Crippen LogP contribution in [0.15, 0.2) is 59.5 Å². The van der Waals surface area contributed by atoms with Gasteiger partial charge in [0.2, 0.25) is 11.3 Å². The van der Waals surface area contributed by atoms with Crippen molar-refractivity contribution in [2.45, 2.75) is 13.1 Å². The third kappa shape index (κ3) is 3.71. The van der Waals surface area contributed by atoms with Gasteiger partial charge in [0.15, 0.2) is 0 Å². The molecule has 1 fully saturated rings. The minimum atomic E-state index is -0.124. The van der Waals surface area contributed by atoms with Gasteiger partial charge < -0.3 is 9.80 Å². The van der Waals surface area contributed by atoms with Crippen LogP contribution in [0.5, 0.6) is 0 Å². The summed E-state index contributed by atoms with van der Waals surface area (Å²) in [5.41, 5.74) is 1.63. The van der Waals surface area contributed by atoms with Crippen LogP contribution in [0.1, 0.15) is 5.01 Å². The molecule has 2 aromatic heterocycles. The maximum atomic E-state index is 12.8. The molecule has 4 aromatic rings. The number of nitrogens with zero attached hydrogens (tertiary/aromatic N) is 4. The van der Waals surface area contributed by atoms with Crippen molar-refractivity contribution in [3.8, 4) is 0 Å². The quantitative estimate of drug-likeness (QED) is 0.533. The Morgan fingerprint density at radius 3 is 2.67 bits per heavy atom. The molecule has 0 radical (unpaired) electrons. The van der Waals surface area contributed by atoms with Crippen molar-refractivity contribution in [3.63, 3.8) is 0 Å². The highest BCUT2D eigenvalue weighted by Gasteiger charge is 2.25. The molecule has 1 saturated heterocycles. The Balaban J connectivity index is 1.22. The number of nitrogens with one attached hydrogen (secondary N) is 1. The van der Waals surface area contributed by atoms with Crippen LogP contribution in [0.25, 0.3) is 21.1 Å². The average Bonchev–Trinajstić information content (AvgIpc) is 3.18. The number of fused-ring (bicyclic) bond motifs is 2. The number of quaternary nitrogens is 1. The minimum Gasteiger partial charge on any atom is -0.330 e. The summed E-state index contributed by atoms with van der Waals surface area (Å²) < 4.78 is 2.85. The lowest BCUT2D eigenvalue weighted by Gasteiger charge is -2.32. The number of carbonyl (C=O) groups excluding carboxylic acids is 1. The van der Waals surface area contributed by atoms with Crippen molar-refractivity contribution in [1.29, 1.82) is 0 Å². The van der Waals surface area contributed by atoms with Crippen molar-refractivity contribution in [2.75, 3.05) is 26.2 Å². The summed E-state index contributed by atoms with van der Waals surface area (Å²) in [6, 6.07) is 15.5. The molecule has 30 heavy (non-hydrogen) atoms. The second kappa shape index (κ2) is 7.97. The van der Waals surface area contributed by atoms with Crippen LogP contribution in [-0.2, 0) is 17.9 Å². The van der Waals surface area contributed by atoms with E-state index in [0.717, 1.165) is 43.2 Å². The summed E-state index contributed by atoms with van der Waals surface area (Å²) >= 11 is 1.75. The summed E-state index contributed by atoms with van der Waals surface area (Å²) in [5, 5.41) is 5.91. The molecule has 0 saturated carbocycles. The third-order valence-electron chi connectivity index (χ3n) is 5.61. The largest absolute Gasteiger partial charge is 0.330 e. The third-order valence-corrected chi connectivity index (χ3v) is 6.65. The van der Waals surface area contributed by atoms with Crippen LogP contribution >= 0.6 is 11.3 Å². The second-order valence-electron chi connectivity index (χ2n) is 7.57. The van der Waals surface area contributed by atoms with Gasteiger partial charge in [-0.05, 0) is 24.3 Å². The number of piperazine rings is 1. The first-order valence-electron chi connectivity index (χ1n) is 10.1. The van der Waals surface area contributed by atoms with E-state index < -0.39 is 0 Å². The van der Waals surface area contributed by atoms with Crippen LogP contribution in [-0.4, -0.2) is 51.8 Å². The molecule has 7 nitrogen and oxygen atoms in total. The molecule has 1 amide bonds. The highest BCUT2D eigenvalue weighted by Crippen LogP contribution is 2.20. The Kier molecular flexibility index (Phi) is 5.02. The fourth-order valence-corrected chi connectivity index (χ4v) is 5.01. The van der Waals surface area contributed by atoms with Crippen molar-refractivity contribution in [1.82, 2.24) is 19.7 Å². The Bertz CT molecular complexity index is 1240. The van der Waals surface area contributed by atoms with E-state index in [4.69, 9.17) is 4.98 Å². The molecule has 2 aromatic carbocycles. The summed E-state index contributed by atoms with van der Waals surface area (Å²) in [5.74, 6) is 0.0374. The molecule has 1 N–H and O–H groups in total. The predicted octanol–water partition coefficient (Wildman–Crippen LogP) is 0.934. The van der Waals surface area contributed by atoms with E-state index in [1.54, 1.807) is 22.1 Å². The summed E-state index contributed by atoms with van der Waals surface area (Å²) in [6.07, 6.45) is 1.29. The van der Waals surface area contributed by atoms with E-state index in [0.29, 0.717) is 10.9 Å². The number of para-hydroxylation sites is 2. The number of carbonyl (C=O) groups is 1. The zero-order chi connectivity index (χ0) is 20.5. The fraction of sp³-hybridized carbons (Fsp3) is 0.273. The molecule has 3 heterocycles. The molecule has 1 aliphatic rings. The molecule has 8 heteroatoms. The normalized spacial score (nSPS) is 15.1. The van der Waals surface area contributed by atoms with Gasteiger partial charge in [0, 0.05) is 5.39 Å². The van der Waals surface area contributed by atoms with Crippen LogP contribution < -0.4 is 10.3 Å². The molecule has 0 bridgehead atoms. The van der Waals surface area contributed by atoms with Gasteiger partial charge in [0.1, 0.15) is 18.1 Å². The van der Waals surface area contributed by atoms with Crippen molar-refractivity contribution in [2.24, 2.45) is 0 Å². The van der Waals surface area contributed by atoms with Gasteiger partial charge in [-0.25, -0.2) is 4.98 Å². The van der Waals surface area contributed by atoms with E-state index in [1.165, 1.54) is 15.8 Å². The SMILES string of the molecule is O=C(Cn1ncc(=O)c2ccccc21)N1CC[NH+](Cc2nc3ccccc3s2)CC1. The zero-order valence-electron chi connectivity index (χ0n) is 16.5. The lowest BCUT2D eigenvalue weighted by atomic mass is 10.2. The average molecular weight is 421 g/mol. The molecule has 1 aliphatic heterocycles.